The molecule has 1 amide bonds. The number of para-hydroxylation sites is 3. The summed E-state index contributed by atoms with van der Waals surface area (Å²) in [6.07, 6.45) is 3.82. The molecule has 3 atom stereocenters. The number of ketones is 1. The third kappa shape index (κ3) is 4.41. The van der Waals surface area contributed by atoms with Crippen molar-refractivity contribution in [2.24, 2.45) is 11.3 Å². The van der Waals surface area contributed by atoms with Crippen molar-refractivity contribution in [1.82, 2.24) is 0 Å². The van der Waals surface area contributed by atoms with Crippen LogP contribution in [-0.2, 0) is 9.59 Å². The summed E-state index contributed by atoms with van der Waals surface area (Å²) >= 11 is 0. The van der Waals surface area contributed by atoms with E-state index in [1.165, 1.54) is 0 Å². The van der Waals surface area contributed by atoms with Gasteiger partial charge in [0, 0.05) is 24.1 Å². The van der Waals surface area contributed by atoms with E-state index in [-0.39, 0.29) is 23.2 Å². The van der Waals surface area contributed by atoms with Crippen LogP contribution >= 0.6 is 0 Å². The summed E-state index contributed by atoms with van der Waals surface area (Å²) in [7, 11) is 0. The summed E-state index contributed by atoms with van der Waals surface area (Å²) in [4.78, 5) is 29.0. The number of carbonyl (C=O) groups is 2. The summed E-state index contributed by atoms with van der Waals surface area (Å²) in [6, 6.07) is 15.2. The Morgan fingerprint density at radius 3 is 2.58 bits per heavy atom. The van der Waals surface area contributed by atoms with E-state index in [2.05, 4.69) is 32.2 Å². The van der Waals surface area contributed by atoms with Gasteiger partial charge in [-0.1, -0.05) is 64.1 Å². The first-order valence-electron chi connectivity index (χ1n) is 11.9. The Balaban J connectivity index is 1.99. The maximum atomic E-state index is 13.7. The zero-order valence-electron chi connectivity index (χ0n) is 20.2. The van der Waals surface area contributed by atoms with Crippen molar-refractivity contribution in [1.29, 1.82) is 0 Å². The van der Waals surface area contributed by atoms with E-state index in [1.54, 1.807) is 0 Å². The lowest BCUT2D eigenvalue weighted by Crippen LogP contribution is -2.43. The number of hydrogen-bond acceptors (Lipinski definition) is 4. The van der Waals surface area contributed by atoms with Crippen LogP contribution in [0.3, 0.4) is 0 Å². The number of nitrogens with one attached hydrogen (secondary N) is 1. The van der Waals surface area contributed by atoms with Gasteiger partial charge in [-0.15, -0.1) is 0 Å². The average Bonchev–Trinajstić information content (AvgIpc) is 2.92. The molecule has 0 bridgehead atoms. The first-order chi connectivity index (χ1) is 15.8. The number of rotatable bonds is 5. The van der Waals surface area contributed by atoms with E-state index >= 15 is 0 Å². The van der Waals surface area contributed by atoms with Gasteiger partial charge < -0.3 is 15.0 Å². The average molecular weight is 447 g/mol. The summed E-state index contributed by atoms with van der Waals surface area (Å²) in [5.41, 5.74) is 3.09. The fourth-order valence-electron chi connectivity index (χ4n) is 4.91. The van der Waals surface area contributed by atoms with Gasteiger partial charge in [0.25, 0.3) is 0 Å². The quantitative estimate of drug-likeness (QED) is 0.588. The molecule has 0 saturated carbocycles. The summed E-state index contributed by atoms with van der Waals surface area (Å²) < 4.78 is 6.31. The fourth-order valence-corrected chi connectivity index (χ4v) is 4.91. The van der Waals surface area contributed by atoms with Gasteiger partial charge >= 0.3 is 0 Å². The van der Waals surface area contributed by atoms with Gasteiger partial charge in [0.1, 0.15) is 11.5 Å². The highest BCUT2D eigenvalue weighted by Gasteiger charge is 2.46. The number of hydrogen-bond donors (Lipinski definition) is 1. The van der Waals surface area contributed by atoms with Crippen molar-refractivity contribution in [3.63, 3.8) is 0 Å². The van der Waals surface area contributed by atoms with E-state index in [9.17, 15) is 9.59 Å². The first kappa shape index (κ1) is 23.1. The van der Waals surface area contributed by atoms with Crippen molar-refractivity contribution in [3.8, 4) is 5.75 Å². The molecule has 2 aromatic carbocycles. The molecule has 1 heterocycles. The van der Waals surface area contributed by atoms with Gasteiger partial charge in [-0.25, -0.2) is 0 Å². The largest absolute Gasteiger partial charge is 0.490 e. The topological polar surface area (TPSA) is 58.6 Å². The van der Waals surface area contributed by atoms with Gasteiger partial charge in [-0.3, -0.25) is 9.59 Å². The number of anilines is 2. The van der Waals surface area contributed by atoms with Crippen LogP contribution < -0.4 is 15.0 Å². The maximum absolute atomic E-state index is 13.7. The molecule has 0 radical (unpaired) electrons. The zero-order valence-corrected chi connectivity index (χ0v) is 20.2. The van der Waals surface area contributed by atoms with Crippen molar-refractivity contribution < 1.29 is 14.3 Å². The molecule has 1 N–H and O–H groups in total. The molecule has 5 nitrogen and oxygen atoms in total. The minimum atomic E-state index is -0.498. The lowest BCUT2D eigenvalue weighted by atomic mass is 9.72. The predicted octanol–water partition coefficient (Wildman–Crippen LogP) is 6.27. The number of benzene rings is 2. The molecule has 4 rings (SSSR count). The van der Waals surface area contributed by atoms with E-state index in [0.29, 0.717) is 12.8 Å². The number of amides is 1. The molecular weight excluding hydrogens is 412 g/mol. The molecule has 2 aromatic rings. The van der Waals surface area contributed by atoms with Crippen LogP contribution in [0.5, 0.6) is 5.75 Å². The normalized spacial score (nSPS) is 22.3. The number of Topliss-reactive ketones (excluding diaryl/α,β-unsaturated/α-hetero) is 1. The molecular formula is C28H34N2O3. The van der Waals surface area contributed by atoms with Gasteiger partial charge in [-0.05, 0) is 37.0 Å². The molecule has 3 unspecified atom stereocenters. The van der Waals surface area contributed by atoms with Crippen molar-refractivity contribution in [2.75, 3.05) is 10.2 Å². The molecule has 2 aliphatic rings. The van der Waals surface area contributed by atoms with Crippen LogP contribution in [0, 0.1) is 11.3 Å². The zero-order chi connectivity index (χ0) is 23.8. The Hall–Kier alpha value is -3.08. The Labute approximate surface area is 196 Å². The minimum Gasteiger partial charge on any atom is -0.490 e. The Morgan fingerprint density at radius 1 is 1.15 bits per heavy atom. The lowest BCUT2D eigenvalue weighted by Gasteiger charge is -2.39. The molecule has 0 fully saturated rings. The number of allylic oxidation sites excluding steroid dienone is 1. The summed E-state index contributed by atoms with van der Waals surface area (Å²) in [6.45, 7) is 10.1. The monoisotopic (exact) mass is 446 g/mol. The molecule has 33 heavy (non-hydrogen) atoms. The smallest absolute Gasteiger partial charge is 0.227 e. The van der Waals surface area contributed by atoms with E-state index in [1.807, 2.05) is 67.3 Å². The molecule has 0 saturated heterocycles. The molecule has 5 heteroatoms. The van der Waals surface area contributed by atoms with Crippen molar-refractivity contribution >= 4 is 23.1 Å². The SMILES string of the molecule is CCC(=O)N1c2ccccc2NC2=CC(C)(C)CC(=O)C2C1c1ccccc1OC(C)CC. The molecule has 174 valence electrons. The van der Waals surface area contributed by atoms with Crippen molar-refractivity contribution in [3.05, 3.63) is 65.9 Å². The van der Waals surface area contributed by atoms with Crippen LogP contribution in [-0.4, -0.2) is 17.8 Å². The summed E-state index contributed by atoms with van der Waals surface area (Å²) in [5.74, 6) is 0.339. The third-order valence-electron chi connectivity index (χ3n) is 6.61. The first-order valence-corrected chi connectivity index (χ1v) is 11.9. The lowest BCUT2D eigenvalue weighted by molar-refractivity contribution is -0.125. The highest BCUT2D eigenvalue weighted by Crippen LogP contribution is 2.50. The third-order valence-corrected chi connectivity index (χ3v) is 6.61. The highest BCUT2D eigenvalue weighted by atomic mass is 16.5. The number of ether oxygens (including phenoxy) is 1. The second-order valence-corrected chi connectivity index (χ2v) is 9.79. The van der Waals surface area contributed by atoms with Crippen LogP contribution in [0.2, 0.25) is 0 Å². The highest BCUT2D eigenvalue weighted by molar-refractivity contribution is 6.01. The molecule has 1 aliphatic heterocycles. The van der Waals surface area contributed by atoms with Crippen LogP contribution in [0.25, 0.3) is 0 Å². The number of carbonyl (C=O) groups excluding carboxylic acids is 2. The van der Waals surface area contributed by atoms with Crippen LogP contribution in [0.4, 0.5) is 11.4 Å². The number of fused-ring (bicyclic) bond motifs is 2. The summed E-state index contributed by atoms with van der Waals surface area (Å²) in [5, 5.41) is 3.53. The molecule has 0 spiro atoms. The van der Waals surface area contributed by atoms with Crippen LogP contribution in [0.1, 0.15) is 65.5 Å². The fraction of sp³-hybridized carbons (Fsp3) is 0.429. The van der Waals surface area contributed by atoms with E-state index in [4.69, 9.17) is 4.74 Å². The van der Waals surface area contributed by atoms with Crippen molar-refractivity contribution in [2.45, 2.75) is 66.0 Å². The minimum absolute atomic E-state index is 0.0218. The maximum Gasteiger partial charge on any atom is 0.227 e. The van der Waals surface area contributed by atoms with Gasteiger partial charge in [0.15, 0.2) is 0 Å². The molecule has 1 aliphatic carbocycles. The Bertz CT molecular complexity index is 1090. The number of nitrogens with zero attached hydrogens (tertiary/aromatic N) is 1. The second-order valence-electron chi connectivity index (χ2n) is 9.79. The van der Waals surface area contributed by atoms with Gasteiger partial charge in [0.2, 0.25) is 5.91 Å². The van der Waals surface area contributed by atoms with Gasteiger partial charge in [-0.2, -0.15) is 0 Å². The Morgan fingerprint density at radius 2 is 1.85 bits per heavy atom. The standard InChI is InChI=1S/C28H34N2O3/c1-6-18(3)33-24-15-11-8-12-19(24)27-26-21(16-28(4,5)17-23(26)31)29-20-13-9-10-14-22(20)30(27)25(32)7-2/h8-16,18,26-27,29H,6-7,17H2,1-5H3. The molecule has 0 aromatic heterocycles. The van der Waals surface area contributed by atoms with E-state index < -0.39 is 12.0 Å². The van der Waals surface area contributed by atoms with E-state index in [0.717, 1.165) is 34.8 Å². The predicted molar refractivity (Wildman–Crippen MR) is 132 cm³/mol. The second kappa shape index (κ2) is 9.05. The van der Waals surface area contributed by atoms with Gasteiger partial charge in [0.05, 0.1) is 29.4 Å². The van der Waals surface area contributed by atoms with Crippen LogP contribution in [0.15, 0.2) is 60.3 Å². The Kier molecular flexibility index (Phi) is 6.33.